The molecule has 1 nitrogen and oxygen atoms in total. The van der Waals surface area contributed by atoms with Crippen molar-refractivity contribution < 1.29 is 4.74 Å². The maximum absolute atomic E-state index is 5.55. The molecule has 0 N–H and O–H groups in total. The van der Waals surface area contributed by atoms with Gasteiger partial charge < -0.3 is 4.74 Å². The Morgan fingerprint density at radius 3 is 2.63 bits per heavy atom. The zero-order chi connectivity index (χ0) is 14.1. The van der Waals surface area contributed by atoms with Gasteiger partial charge in [0.15, 0.2) is 0 Å². The molecule has 0 amide bonds. The van der Waals surface area contributed by atoms with E-state index in [1.54, 1.807) is 5.57 Å². The van der Waals surface area contributed by atoms with E-state index >= 15 is 0 Å². The molecular weight excluding hydrogens is 232 g/mol. The number of allylic oxidation sites excluding steroid dienone is 1. The van der Waals surface area contributed by atoms with Crippen LogP contribution in [0.25, 0.3) is 0 Å². The molecule has 3 aliphatic rings. The molecule has 2 aliphatic carbocycles. The summed E-state index contributed by atoms with van der Waals surface area (Å²) in [6.45, 7) is 14.5. The van der Waals surface area contributed by atoms with Crippen molar-refractivity contribution in [1.29, 1.82) is 0 Å². The van der Waals surface area contributed by atoms with Gasteiger partial charge in [0, 0.05) is 0 Å². The van der Waals surface area contributed by atoms with Crippen LogP contribution in [-0.4, -0.2) is 6.61 Å². The Hall–Kier alpha value is -0.720. The lowest BCUT2D eigenvalue weighted by molar-refractivity contribution is -0.0646. The molecule has 2 unspecified atom stereocenters. The lowest BCUT2D eigenvalue weighted by Gasteiger charge is -2.58. The van der Waals surface area contributed by atoms with E-state index in [2.05, 4.69) is 40.2 Å². The van der Waals surface area contributed by atoms with Crippen LogP contribution < -0.4 is 0 Å². The summed E-state index contributed by atoms with van der Waals surface area (Å²) < 4.78 is 5.55. The van der Waals surface area contributed by atoms with E-state index < -0.39 is 0 Å². The van der Waals surface area contributed by atoms with Crippen molar-refractivity contribution in [2.45, 2.75) is 59.3 Å². The Morgan fingerprint density at radius 1 is 1.16 bits per heavy atom. The molecule has 0 saturated heterocycles. The van der Waals surface area contributed by atoms with E-state index in [-0.39, 0.29) is 0 Å². The number of ether oxygens (including phenoxy) is 1. The zero-order valence-corrected chi connectivity index (χ0v) is 13.0. The average Bonchev–Trinajstić information content (AvgIpc) is 2.40. The first kappa shape index (κ1) is 14.7. The Balaban J connectivity index is 0.000000637. The fourth-order valence-corrected chi connectivity index (χ4v) is 5.22. The first-order chi connectivity index (χ1) is 9.04. The van der Waals surface area contributed by atoms with Crippen LogP contribution in [0.3, 0.4) is 0 Å². The average molecular weight is 262 g/mol. The minimum absolute atomic E-state index is 0.551. The van der Waals surface area contributed by atoms with Crippen molar-refractivity contribution in [3.63, 3.8) is 0 Å². The third-order valence-electron chi connectivity index (χ3n) is 6.00. The highest BCUT2D eigenvalue weighted by molar-refractivity contribution is 5.18. The maximum atomic E-state index is 5.55. The molecule has 0 aromatic rings. The van der Waals surface area contributed by atoms with Gasteiger partial charge in [0.25, 0.3) is 0 Å². The highest BCUT2D eigenvalue weighted by atomic mass is 16.5. The van der Waals surface area contributed by atoms with Crippen molar-refractivity contribution in [1.82, 2.24) is 0 Å². The lowest BCUT2D eigenvalue weighted by Crippen LogP contribution is -2.50. The van der Waals surface area contributed by atoms with E-state index in [9.17, 15) is 0 Å². The Labute approximate surface area is 119 Å². The van der Waals surface area contributed by atoms with Crippen LogP contribution in [0.5, 0.6) is 0 Å². The smallest absolute Gasteiger partial charge is 0.0879 e. The first-order valence-electron chi connectivity index (χ1n) is 7.84. The van der Waals surface area contributed by atoms with Gasteiger partial charge in [-0.15, -0.1) is 13.2 Å². The SMILES string of the molecule is C=C.CC1(C)CCCC2(C)C1CCC1=COCC[C@H]12. The van der Waals surface area contributed by atoms with Gasteiger partial charge >= 0.3 is 0 Å². The van der Waals surface area contributed by atoms with Crippen LogP contribution in [0.15, 0.2) is 25.0 Å². The van der Waals surface area contributed by atoms with Gasteiger partial charge in [-0.1, -0.05) is 27.2 Å². The van der Waals surface area contributed by atoms with Crippen molar-refractivity contribution in [3.05, 3.63) is 25.0 Å². The van der Waals surface area contributed by atoms with Crippen molar-refractivity contribution in [3.8, 4) is 0 Å². The fraction of sp³-hybridized carbons (Fsp3) is 0.778. The van der Waals surface area contributed by atoms with Crippen molar-refractivity contribution in [2.75, 3.05) is 6.61 Å². The molecule has 19 heavy (non-hydrogen) atoms. The van der Waals surface area contributed by atoms with E-state index in [0.717, 1.165) is 18.4 Å². The van der Waals surface area contributed by atoms with Gasteiger partial charge in [0.05, 0.1) is 12.9 Å². The van der Waals surface area contributed by atoms with E-state index in [1.807, 2.05) is 0 Å². The summed E-state index contributed by atoms with van der Waals surface area (Å²) >= 11 is 0. The van der Waals surface area contributed by atoms with Gasteiger partial charge in [0.2, 0.25) is 0 Å². The molecule has 0 aromatic heterocycles. The molecule has 2 saturated carbocycles. The number of hydrogen-bond acceptors (Lipinski definition) is 1. The molecule has 1 heteroatoms. The molecule has 0 aromatic carbocycles. The topological polar surface area (TPSA) is 9.23 Å². The number of rotatable bonds is 0. The summed E-state index contributed by atoms with van der Waals surface area (Å²) in [6, 6.07) is 0. The zero-order valence-electron chi connectivity index (χ0n) is 13.0. The van der Waals surface area contributed by atoms with Crippen molar-refractivity contribution in [2.24, 2.45) is 22.7 Å². The lowest BCUT2D eigenvalue weighted by atomic mass is 9.47. The van der Waals surface area contributed by atoms with Gasteiger partial charge in [-0.3, -0.25) is 0 Å². The van der Waals surface area contributed by atoms with Crippen LogP contribution in [0, 0.1) is 22.7 Å². The quantitative estimate of drug-likeness (QED) is 0.536. The summed E-state index contributed by atoms with van der Waals surface area (Å²) in [6.07, 6.45) is 10.3. The van der Waals surface area contributed by atoms with Gasteiger partial charge in [-0.2, -0.15) is 0 Å². The van der Waals surface area contributed by atoms with Crippen LogP contribution >= 0.6 is 0 Å². The molecule has 0 bridgehead atoms. The minimum Gasteiger partial charge on any atom is -0.501 e. The molecular formula is C18H30O. The monoisotopic (exact) mass is 262 g/mol. The Kier molecular flexibility index (Phi) is 4.13. The molecule has 1 heterocycles. The third-order valence-corrected chi connectivity index (χ3v) is 6.00. The largest absolute Gasteiger partial charge is 0.501 e. The number of fused-ring (bicyclic) bond motifs is 3. The van der Waals surface area contributed by atoms with Crippen LogP contribution in [-0.2, 0) is 4.74 Å². The molecule has 1 aliphatic heterocycles. The predicted molar refractivity (Wildman–Crippen MR) is 81.9 cm³/mol. The molecule has 0 radical (unpaired) electrons. The third kappa shape index (κ3) is 2.37. The highest BCUT2D eigenvalue weighted by Crippen LogP contribution is 2.62. The molecule has 2 fully saturated rings. The second kappa shape index (κ2) is 5.34. The maximum Gasteiger partial charge on any atom is 0.0879 e. The standard InChI is InChI=1S/C16H26O.C2H4/c1-15(2)8-4-9-16(3)13-7-10-17-11-12(13)5-6-14(15)16;1-2/h11,13-14H,4-10H2,1-3H3;1-2H2/t13-,14?,16?;/m1./s1. The summed E-state index contributed by atoms with van der Waals surface area (Å²) in [5, 5.41) is 0. The van der Waals surface area contributed by atoms with Crippen LogP contribution in [0.4, 0.5) is 0 Å². The fourth-order valence-electron chi connectivity index (χ4n) is 5.22. The van der Waals surface area contributed by atoms with Gasteiger partial charge in [0.1, 0.15) is 0 Å². The van der Waals surface area contributed by atoms with Crippen molar-refractivity contribution >= 4 is 0 Å². The molecule has 3 rings (SSSR count). The molecule has 3 atom stereocenters. The molecule has 0 spiro atoms. The normalized spacial score (nSPS) is 39.6. The van der Waals surface area contributed by atoms with E-state index in [1.165, 1.54) is 38.5 Å². The second-order valence-corrected chi connectivity index (χ2v) is 7.34. The minimum atomic E-state index is 0.551. The van der Waals surface area contributed by atoms with Gasteiger partial charge in [-0.05, 0) is 60.3 Å². The summed E-state index contributed by atoms with van der Waals surface area (Å²) in [5.41, 5.74) is 2.72. The summed E-state index contributed by atoms with van der Waals surface area (Å²) in [7, 11) is 0. The van der Waals surface area contributed by atoms with E-state index in [4.69, 9.17) is 4.74 Å². The van der Waals surface area contributed by atoms with Gasteiger partial charge in [-0.25, -0.2) is 0 Å². The second-order valence-electron chi connectivity index (χ2n) is 7.34. The Morgan fingerprint density at radius 2 is 1.89 bits per heavy atom. The molecule has 108 valence electrons. The Bertz CT molecular complexity index is 355. The van der Waals surface area contributed by atoms with Crippen LogP contribution in [0.2, 0.25) is 0 Å². The first-order valence-corrected chi connectivity index (χ1v) is 7.84. The predicted octanol–water partition coefficient (Wildman–Crippen LogP) is 5.34. The van der Waals surface area contributed by atoms with Crippen LogP contribution in [0.1, 0.15) is 59.3 Å². The highest BCUT2D eigenvalue weighted by Gasteiger charge is 2.53. The van der Waals surface area contributed by atoms with E-state index in [0.29, 0.717) is 10.8 Å². The summed E-state index contributed by atoms with van der Waals surface area (Å²) in [5.74, 6) is 1.73. The summed E-state index contributed by atoms with van der Waals surface area (Å²) in [4.78, 5) is 0. The number of hydrogen-bond donors (Lipinski definition) is 0.